The summed E-state index contributed by atoms with van der Waals surface area (Å²) in [5.41, 5.74) is 0.854. The molecule has 1 aromatic carbocycles. The van der Waals surface area contributed by atoms with Crippen LogP contribution in [0.25, 0.3) is 0 Å². The number of halogens is 1. The Labute approximate surface area is 146 Å². The summed E-state index contributed by atoms with van der Waals surface area (Å²) in [7, 11) is 0. The second-order valence-corrected chi connectivity index (χ2v) is 7.11. The van der Waals surface area contributed by atoms with Crippen LogP contribution < -0.4 is 0 Å². The molecule has 0 amide bonds. The van der Waals surface area contributed by atoms with Crippen LogP contribution in [-0.4, -0.2) is 58.2 Å². The van der Waals surface area contributed by atoms with Crippen molar-refractivity contribution in [1.29, 1.82) is 0 Å². The van der Waals surface area contributed by atoms with Gasteiger partial charge in [0.2, 0.25) is 0 Å². The molecule has 25 heavy (non-hydrogen) atoms. The Morgan fingerprint density at radius 1 is 1.20 bits per heavy atom. The Hall–Kier alpha value is -1.83. The van der Waals surface area contributed by atoms with Crippen molar-refractivity contribution in [1.82, 2.24) is 19.7 Å². The van der Waals surface area contributed by atoms with Crippen LogP contribution in [0.3, 0.4) is 0 Å². The zero-order valence-corrected chi connectivity index (χ0v) is 14.2. The van der Waals surface area contributed by atoms with Gasteiger partial charge >= 0.3 is 0 Å². The molecule has 7 heteroatoms. The van der Waals surface area contributed by atoms with E-state index in [0.29, 0.717) is 19.1 Å². The first-order valence-electron chi connectivity index (χ1n) is 8.72. The third-order valence-corrected chi connectivity index (χ3v) is 4.97. The molecule has 2 atom stereocenters. The molecule has 0 bridgehead atoms. The topological polar surface area (TPSA) is 52.4 Å². The smallest absolute Gasteiger partial charge is 0.123 e. The number of benzene rings is 1. The Balaban J connectivity index is 1.40. The van der Waals surface area contributed by atoms with Crippen LogP contribution in [0.5, 0.6) is 0 Å². The molecule has 6 nitrogen and oxygen atoms in total. The van der Waals surface area contributed by atoms with Crippen LogP contribution in [0.15, 0.2) is 36.9 Å². The highest BCUT2D eigenvalue weighted by Crippen LogP contribution is 2.34. The lowest BCUT2D eigenvalue weighted by Crippen LogP contribution is -2.43. The molecular formula is C18H23FN4O2. The largest absolute Gasteiger partial charge is 0.377 e. The van der Waals surface area contributed by atoms with Crippen LogP contribution in [-0.2, 0) is 22.6 Å². The molecule has 2 saturated heterocycles. The van der Waals surface area contributed by atoms with E-state index in [4.69, 9.17) is 9.47 Å². The monoisotopic (exact) mass is 346 g/mol. The molecule has 4 rings (SSSR count). The molecule has 2 aliphatic heterocycles. The van der Waals surface area contributed by atoms with Crippen molar-refractivity contribution >= 4 is 0 Å². The van der Waals surface area contributed by atoms with E-state index in [-0.39, 0.29) is 11.4 Å². The molecular weight excluding hydrogens is 323 g/mol. The molecule has 0 aliphatic carbocycles. The van der Waals surface area contributed by atoms with Gasteiger partial charge in [0.1, 0.15) is 24.1 Å². The molecule has 0 saturated carbocycles. The maximum atomic E-state index is 13.1. The Kier molecular flexibility index (Phi) is 4.78. The summed E-state index contributed by atoms with van der Waals surface area (Å²) in [4.78, 5) is 2.35. The minimum absolute atomic E-state index is 0.199. The highest BCUT2D eigenvalue weighted by Gasteiger charge is 2.43. The Morgan fingerprint density at radius 2 is 2.00 bits per heavy atom. The van der Waals surface area contributed by atoms with Gasteiger partial charge in [0.15, 0.2) is 0 Å². The van der Waals surface area contributed by atoms with Crippen LogP contribution in [0.2, 0.25) is 0 Å². The van der Waals surface area contributed by atoms with E-state index in [1.165, 1.54) is 12.1 Å². The van der Waals surface area contributed by atoms with Crippen LogP contribution >= 0.6 is 0 Å². The van der Waals surface area contributed by atoms with Crippen molar-refractivity contribution in [2.24, 2.45) is 5.92 Å². The minimum atomic E-state index is -0.255. The summed E-state index contributed by atoms with van der Waals surface area (Å²) in [6, 6.07) is 6.72. The maximum Gasteiger partial charge on any atom is 0.123 e. The number of hydrogen-bond donors (Lipinski definition) is 0. The van der Waals surface area contributed by atoms with Gasteiger partial charge in [0.25, 0.3) is 0 Å². The average Bonchev–Trinajstić information content (AvgIpc) is 3.20. The molecule has 1 spiro atoms. The zero-order valence-electron chi connectivity index (χ0n) is 14.2. The molecule has 0 N–H and O–H groups in total. The molecule has 3 heterocycles. The molecule has 2 aliphatic rings. The van der Waals surface area contributed by atoms with E-state index in [9.17, 15) is 4.39 Å². The third kappa shape index (κ3) is 4.05. The quantitative estimate of drug-likeness (QED) is 0.844. The molecule has 134 valence electrons. The molecule has 2 fully saturated rings. The van der Waals surface area contributed by atoms with Crippen molar-refractivity contribution in [2.75, 3.05) is 32.9 Å². The summed E-state index contributed by atoms with van der Waals surface area (Å²) in [5.74, 6) is 0.237. The second-order valence-electron chi connectivity index (χ2n) is 7.11. The van der Waals surface area contributed by atoms with Gasteiger partial charge in [-0.3, -0.25) is 4.90 Å². The van der Waals surface area contributed by atoms with E-state index in [1.807, 2.05) is 16.7 Å². The van der Waals surface area contributed by atoms with Gasteiger partial charge in [-0.25, -0.2) is 4.39 Å². The van der Waals surface area contributed by atoms with Crippen LogP contribution in [0.1, 0.15) is 12.0 Å². The fourth-order valence-electron chi connectivity index (χ4n) is 3.85. The Morgan fingerprint density at radius 3 is 2.80 bits per heavy atom. The van der Waals surface area contributed by atoms with Crippen molar-refractivity contribution in [3.05, 3.63) is 48.3 Å². The molecule has 0 unspecified atom stereocenters. The lowest BCUT2D eigenvalue weighted by atomic mass is 9.94. The van der Waals surface area contributed by atoms with E-state index in [1.54, 1.807) is 12.7 Å². The predicted molar refractivity (Wildman–Crippen MR) is 89.3 cm³/mol. The summed E-state index contributed by atoms with van der Waals surface area (Å²) in [6.45, 7) is 5.40. The van der Waals surface area contributed by atoms with E-state index in [0.717, 1.165) is 44.8 Å². The second kappa shape index (κ2) is 7.19. The highest BCUT2D eigenvalue weighted by atomic mass is 19.1. The fraction of sp³-hybridized carbons (Fsp3) is 0.556. The lowest BCUT2D eigenvalue weighted by Gasteiger charge is -2.31. The zero-order chi connectivity index (χ0) is 17.1. The summed E-state index contributed by atoms with van der Waals surface area (Å²) >= 11 is 0. The van der Waals surface area contributed by atoms with E-state index in [2.05, 4.69) is 15.1 Å². The molecule has 2 aromatic rings. The maximum absolute atomic E-state index is 13.1. The first-order chi connectivity index (χ1) is 12.2. The third-order valence-electron chi connectivity index (χ3n) is 4.97. The molecule has 1 aromatic heterocycles. The van der Waals surface area contributed by atoms with Gasteiger partial charge in [-0.05, 0) is 24.1 Å². The first kappa shape index (κ1) is 16.6. The van der Waals surface area contributed by atoms with Gasteiger partial charge in [-0.2, -0.15) is 0 Å². The van der Waals surface area contributed by atoms with Crippen LogP contribution in [0, 0.1) is 11.7 Å². The summed E-state index contributed by atoms with van der Waals surface area (Å²) in [6.07, 6.45) is 4.45. The van der Waals surface area contributed by atoms with Crippen molar-refractivity contribution < 1.29 is 13.9 Å². The number of ether oxygens (including phenoxy) is 2. The predicted octanol–water partition coefficient (Wildman–Crippen LogP) is 1.72. The van der Waals surface area contributed by atoms with Crippen molar-refractivity contribution in [3.8, 4) is 0 Å². The molecule has 0 radical (unpaired) electrons. The van der Waals surface area contributed by atoms with Gasteiger partial charge < -0.3 is 14.0 Å². The van der Waals surface area contributed by atoms with Crippen molar-refractivity contribution in [2.45, 2.75) is 25.1 Å². The van der Waals surface area contributed by atoms with E-state index >= 15 is 0 Å². The Bertz CT molecular complexity index is 679. The number of rotatable bonds is 4. The SMILES string of the molecule is Fc1ccc(CN2CCOC[C@@]3(C[C@H](Cn4cnnc4)CO3)C2)cc1. The minimum Gasteiger partial charge on any atom is -0.377 e. The normalized spacial score (nSPS) is 27.6. The number of aromatic nitrogens is 3. The number of nitrogens with zero attached hydrogens (tertiary/aromatic N) is 4. The summed E-state index contributed by atoms with van der Waals surface area (Å²) < 4.78 is 27.2. The van der Waals surface area contributed by atoms with Crippen LogP contribution in [0.4, 0.5) is 4.39 Å². The fourth-order valence-corrected chi connectivity index (χ4v) is 3.85. The summed E-state index contributed by atoms with van der Waals surface area (Å²) in [5, 5.41) is 7.72. The highest BCUT2D eigenvalue weighted by molar-refractivity contribution is 5.16. The average molecular weight is 346 g/mol. The van der Waals surface area contributed by atoms with Gasteiger partial charge in [-0.1, -0.05) is 12.1 Å². The first-order valence-corrected chi connectivity index (χ1v) is 8.72. The standard InChI is InChI=1S/C18H23FN4O2/c19-17-3-1-15(2-4-17)8-22-5-6-24-12-18(11-22)7-16(10-25-18)9-23-13-20-21-14-23/h1-4,13-14,16H,5-12H2/t16-,18-/m1/s1. The lowest BCUT2D eigenvalue weighted by molar-refractivity contribution is -0.0563. The van der Waals surface area contributed by atoms with Gasteiger partial charge in [0.05, 0.1) is 19.8 Å². The van der Waals surface area contributed by atoms with Crippen molar-refractivity contribution in [3.63, 3.8) is 0 Å². The van der Waals surface area contributed by atoms with Gasteiger partial charge in [0, 0.05) is 32.1 Å². The van der Waals surface area contributed by atoms with Gasteiger partial charge in [-0.15, -0.1) is 10.2 Å². The number of hydrogen-bond acceptors (Lipinski definition) is 5. The van der Waals surface area contributed by atoms with E-state index < -0.39 is 0 Å².